The summed E-state index contributed by atoms with van der Waals surface area (Å²) in [5, 5.41) is 4.23. The Morgan fingerprint density at radius 1 is 1.04 bits per heavy atom. The van der Waals surface area contributed by atoms with Crippen LogP contribution in [0.1, 0.15) is 24.2 Å². The molecule has 0 saturated heterocycles. The van der Waals surface area contributed by atoms with E-state index in [0.29, 0.717) is 12.1 Å². The third-order valence-corrected chi connectivity index (χ3v) is 3.19. The summed E-state index contributed by atoms with van der Waals surface area (Å²) >= 11 is 0. The van der Waals surface area contributed by atoms with E-state index in [1.807, 2.05) is 19.1 Å². The average Bonchev–Trinajstić information content (AvgIpc) is 2.64. The van der Waals surface area contributed by atoms with E-state index in [1.54, 1.807) is 43.0 Å². The van der Waals surface area contributed by atoms with Crippen LogP contribution in [0.15, 0.2) is 66.0 Å². The Labute approximate surface area is 139 Å². The molecule has 0 aliphatic rings. The Kier molecular flexibility index (Phi) is 6.08. The minimum Gasteiger partial charge on any atom is -0.294 e. The van der Waals surface area contributed by atoms with E-state index in [4.69, 9.17) is 0 Å². The van der Waals surface area contributed by atoms with Crippen LogP contribution in [0.2, 0.25) is 0 Å². The molecule has 6 heteroatoms. The first kappa shape index (κ1) is 17.2. The number of pyridine rings is 2. The SMILES string of the molecule is CC(=O)c1cccnc1.CCn1nc(-c2cccnc2)ccc1=O. The smallest absolute Gasteiger partial charge is 0.266 e. The summed E-state index contributed by atoms with van der Waals surface area (Å²) in [6, 6.07) is 10.5. The maximum Gasteiger partial charge on any atom is 0.266 e. The predicted molar refractivity (Wildman–Crippen MR) is 91.6 cm³/mol. The maximum absolute atomic E-state index is 11.3. The second-order valence-electron chi connectivity index (χ2n) is 4.91. The molecule has 3 aromatic heterocycles. The van der Waals surface area contributed by atoms with Crippen LogP contribution in [0.4, 0.5) is 0 Å². The molecule has 0 N–H and O–H groups in total. The van der Waals surface area contributed by atoms with Gasteiger partial charge in [0.05, 0.1) is 5.69 Å². The number of carbonyl (C=O) groups is 1. The molecule has 3 heterocycles. The Bertz CT molecular complexity index is 846. The molecule has 0 bridgehead atoms. The molecule has 24 heavy (non-hydrogen) atoms. The minimum absolute atomic E-state index is 0.0584. The van der Waals surface area contributed by atoms with Crippen LogP contribution in [-0.4, -0.2) is 25.5 Å². The van der Waals surface area contributed by atoms with Crippen LogP contribution in [-0.2, 0) is 6.54 Å². The van der Waals surface area contributed by atoms with Gasteiger partial charge in [0.2, 0.25) is 0 Å². The first-order valence-corrected chi connectivity index (χ1v) is 7.51. The van der Waals surface area contributed by atoms with E-state index in [1.165, 1.54) is 17.7 Å². The van der Waals surface area contributed by atoms with Gasteiger partial charge in [-0.3, -0.25) is 19.6 Å². The molecule has 0 atom stereocenters. The number of rotatable bonds is 3. The van der Waals surface area contributed by atoms with Gasteiger partial charge in [-0.1, -0.05) is 0 Å². The summed E-state index contributed by atoms with van der Waals surface area (Å²) in [7, 11) is 0. The minimum atomic E-state index is -0.0786. The second kappa shape index (κ2) is 8.47. The van der Waals surface area contributed by atoms with E-state index in [-0.39, 0.29) is 11.3 Å². The third kappa shape index (κ3) is 4.67. The van der Waals surface area contributed by atoms with Crippen LogP contribution in [0, 0.1) is 0 Å². The molecule has 0 spiro atoms. The number of ketones is 1. The van der Waals surface area contributed by atoms with Crippen molar-refractivity contribution in [3.63, 3.8) is 0 Å². The molecule has 122 valence electrons. The molecule has 3 aromatic rings. The van der Waals surface area contributed by atoms with Crippen LogP contribution < -0.4 is 5.56 Å². The van der Waals surface area contributed by atoms with Gasteiger partial charge < -0.3 is 0 Å². The monoisotopic (exact) mass is 322 g/mol. The van der Waals surface area contributed by atoms with Gasteiger partial charge in [-0.2, -0.15) is 5.10 Å². The Morgan fingerprint density at radius 2 is 1.75 bits per heavy atom. The van der Waals surface area contributed by atoms with Gasteiger partial charge >= 0.3 is 0 Å². The second-order valence-corrected chi connectivity index (χ2v) is 4.91. The zero-order valence-electron chi connectivity index (χ0n) is 13.6. The lowest BCUT2D eigenvalue weighted by atomic mass is 10.2. The van der Waals surface area contributed by atoms with Crippen molar-refractivity contribution in [3.05, 3.63) is 77.1 Å². The molecule has 0 unspecified atom stereocenters. The average molecular weight is 322 g/mol. The number of aryl methyl sites for hydroxylation is 1. The predicted octanol–water partition coefficient (Wildman–Crippen LogP) is 2.61. The topological polar surface area (TPSA) is 77.7 Å². The highest BCUT2D eigenvalue weighted by molar-refractivity contribution is 5.93. The molecule has 6 nitrogen and oxygen atoms in total. The van der Waals surface area contributed by atoms with Crippen LogP contribution in [0.25, 0.3) is 11.3 Å². The summed E-state index contributed by atoms with van der Waals surface area (Å²) < 4.78 is 1.43. The van der Waals surface area contributed by atoms with E-state index in [0.717, 1.165) is 11.3 Å². The summed E-state index contributed by atoms with van der Waals surface area (Å²) in [4.78, 5) is 29.7. The van der Waals surface area contributed by atoms with Gasteiger partial charge in [0.15, 0.2) is 5.78 Å². The lowest BCUT2D eigenvalue weighted by Crippen LogP contribution is -2.20. The van der Waals surface area contributed by atoms with Gasteiger partial charge in [0.25, 0.3) is 5.56 Å². The Hall–Kier alpha value is -3.15. The van der Waals surface area contributed by atoms with Crippen molar-refractivity contribution in [1.29, 1.82) is 0 Å². The molecular weight excluding hydrogens is 304 g/mol. The third-order valence-electron chi connectivity index (χ3n) is 3.19. The number of carbonyl (C=O) groups excluding carboxylic acids is 1. The lowest BCUT2D eigenvalue weighted by molar-refractivity contribution is 0.101. The largest absolute Gasteiger partial charge is 0.294 e. The van der Waals surface area contributed by atoms with Crippen LogP contribution >= 0.6 is 0 Å². The molecule has 0 aliphatic carbocycles. The van der Waals surface area contributed by atoms with Crippen molar-refractivity contribution < 1.29 is 4.79 Å². The van der Waals surface area contributed by atoms with Gasteiger partial charge in [-0.25, -0.2) is 4.68 Å². The zero-order chi connectivity index (χ0) is 17.4. The highest BCUT2D eigenvalue weighted by Crippen LogP contribution is 2.12. The lowest BCUT2D eigenvalue weighted by Gasteiger charge is -2.03. The first-order valence-electron chi connectivity index (χ1n) is 7.51. The normalized spacial score (nSPS) is 9.75. The molecule has 0 amide bonds. The number of hydrogen-bond donors (Lipinski definition) is 0. The standard InChI is InChI=1S/C11H11N3O.C7H7NO/c1-2-14-11(15)6-5-10(13-14)9-4-3-7-12-8-9;1-6(9)7-3-2-4-8-5-7/h3-8H,2H2,1H3;2-5H,1H3. The van der Waals surface area contributed by atoms with Crippen molar-refractivity contribution in [1.82, 2.24) is 19.7 Å². The number of nitrogens with zero attached hydrogens (tertiary/aromatic N) is 4. The quantitative estimate of drug-likeness (QED) is 0.693. The Morgan fingerprint density at radius 3 is 2.25 bits per heavy atom. The van der Waals surface area contributed by atoms with Gasteiger partial charge in [0, 0.05) is 48.5 Å². The Balaban J connectivity index is 0.000000198. The summed E-state index contributed by atoms with van der Waals surface area (Å²) in [5.41, 5.74) is 2.27. The van der Waals surface area contributed by atoms with Gasteiger partial charge in [-0.05, 0) is 44.2 Å². The summed E-state index contributed by atoms with van der Waals surface area (Å²) in [5.74, 6) is 0.0584. The van der Waals surface area contributed by atoms with Gasteiger partial charge in [-0.15, -0.1) is 0 Å². The molecule has 0 aliphatic heterocycles. The van der Waals surface area contributed by atoms with E-state index >= 15 is 0 Å². The van der Waals surface area contributed by atoms with E-state index in [2.05, 4.69) is 15.1 Å². The van der Waals surface area contributed by atoms with E-state index < -0.39 is 0 Å². The molecule has 3 rings (SSSR count). The van der Waals surface area contributed by atoms with Crippen molar-refractivity contribution in [2.24, 2.45) is 0 Å². The molecule has 0 radical (unpaired) electrons. The molecule has 0 fully saturated rings. The van der Waals surface area contributed by atoms with Crippen LogP contribution in [0.3, 0.4) is 0 Å². The fourth-order valence-corrected chi connectivity index (χ4v) is 1.91. The fourth-order valence-electron chi connectivity index (χ4n) is 1.91. The van der Waals surface area contributed by atoms with Crippen molar-refractivity contribution in [2.75, 3.05) is 0 Å². The number of aromatic nitrogens is 4. The van der Waals surface area contributed by atoms with Crippen molar-refractivity contribution in [3.8, 4) is 11.3 Å². The summed E-state index contributed by atoms with van der Waals surface area (Å²) in [6.07, 6.45) is 6.64. The maximum atomic E-state index is 11.3. The molecular formula is C18H18N4O2. The summed E-state index contributed by atoms with van der Waals surface area (Å²) in [6.45, 7) is 3.99. The van der Waals surface area contributed by atoms with Gasteiger partial charge in [0.1, 0.15) is 0 Å². The van der Waals surface area contributed by atoms with E-state index in [9.17, 15) is 9.59 Å². The fraction of sp³-hybridized carbons (Fsp3) is 0.167. The number of hydrogen-bond acceptors (Lipinski definition) is 5. The molecule has 0 aromatic carbocycles. The number of Topliss-reactive ketones (excluding diaryl/α,β-unsaturated/α-hetero) is 1. The highest BCUT2D eigenvalue weighted by atomic mass is 16.1. The van der Waals surface area contributed by atoms with Crippen LogP contribution in [0.5, 0.6) is 0 Å². The zero-order valence-corrected chi connectivity index (χ0v) is 13.6. The highest BCUT2D eigenvalue weighted by Gasteiger charge is 2.01. The van der Waals surface area contributed by atoms with Crippen molar-refractivity contribution in [2.45, 2.75) is 20.4 Å². The van der Waals surface area contributed by atoms with Crippen molar-refractivity contribution >= 4 is 5.78 Å². The first-order chi connectivity index (χ1) is 11.6. The molecule has 0 saturated carbocycles.